The molecule has 0 radical (unpaired) electrons. The van der Waals surface area contributed by atoms with E-state index in [2.05, 4.69) is 0 Å². The van der Waals surface area contributed by atoms with Gasteiger partial charge < -0.3 is 14.2 Å². The Labute approximate surface area is 184 Å². The molecule has 2 aromatic rings. The van der Waals surface area contributed by atoms with Gasteiger partial charge in [0.25, 0.3) is 5.91 Å². The summed E-state index contributed by atoms with van der Waals surface area (Å²) < 4.78 is 16.4. The van der Waals surface area contributed by atoms with Gasteiger partial charge in [0.2, 0.25) is 0 Å². The second kappa shape index (κ2) is 9.77. The number of rotatable bonds is 7. The lowest BCUT2D eigenvalue weighted by Gasteiger charge is -2.20. The van der Waals surface area contributed by atoms with Crippen molar-refractivity contribution in [2.75, 3.05) is 14.2 Å². The van der Waals surface area contributed by atoms with Crippen molar-refractivity contribution < 1.29 is 23.8 Å². The maximum Gasteiger partial charge on any atom is 0.328 e. The average molecular weight is 444 g/mol. The molecule has 0 aromatic heterocycles. The number of carbonyl (C=O) groups is 2. The number of hydrogen-bond donors (Lipinski definition) is 0. The van der Waals surface area contributed by atoms with Crippen LogP contribution < -0.4 is 9.47 Å². The van der Waals surface area contributed by atoms with Crippen LogP contribution in [0.15, 0.2) is 53.4 Å². The van der Waals surface area contributed by atoms with Gasteiger partial charge in [0, 0.05) is 0 Å². The van der Waals surface area contributed by atoms with Crippen LogP contribution in [-0.2, 0) is 20.9 Å². The Morgan fingerprint density at radius 2 is 1.90 bits per heavy atom. The molecule has 1 heterocycles. The summed E-state index contributed by atoms with van der Waals surface area (Å²) in [6.07, 6.45) is 1.72. The molecule has 0 aliphatic carbocycles. The number of carbonyl (C=O) groups excluding carboxylic acids is 2. The predicted octanol–water partition coefficient (Wildman–Crippen LogP) is 4.04. The van der Waals surface area contributed by atoms with Crippen LogP contribution >= 0.6 is 24.0 Å². The molecule has 0 N–H and O–H groups in total. The number of ether oxygens (including phenoxy) is 3. The van der Waals surface area contributed by atoms with Gasteiger partial charge in [-0.05, 0) is 36.3 Å². The Hall–Kier alpha value is -2.84. The fourth-order valence-electron chi connectivity index (χ4n) is 2.87. The van der Waals surface area contributed by atoms with Gasteiger partial charge in [0.15, 0.2) is 11.5 Å². The fourth-order valence-corrected chi connectivity index (χ4v) is 4.29. The third-order valence-electron chi connectivity index (χ3n) is 4.48. The van der Waals surface area contributed by atoms with Crippen molar-refractivity contribution in [3.8, 4) is 11.5 Å². The van der Waals surface area contributed by atoms with E-state index in [1.807, 2.05) is 36.4 Å². The molecule has 0 unspecified atom stereocenters. The van der Waals surface area contributed by atoms with Crippen LogP contribution in [0.4, 0.5) is 0 Å². The number of esters is 1. The van der Waals surface area contributed by atoms with Gasteiger partial charge in [-0.1, -0.05) is 60.4 Å². The lowest BCUT2D eigenvalue weighted by molar-refractivity contribution is -0.147. The summed E-state index contributed by atoms with van der Waals surface area (Å²) in [5.41, 5.74) is 1.80. The topological polar surface area (TPSA) is 65.1 Å². The summed E-state index contributed by atoms with van der Waals surface area (Å²) >= 11 is 6.43. The van der Waals surface area contributed by atoms with E-state index in [0.29, 0.717) is 27.3 Å². The molecule has 156 valence electrons. The summed E-state index contributed by atoms with van der Waals surface area (Å²) in [5.74, 6) is 0.309. The molecule has 1 amide bonds. The number of thioether (sulfide) groups is 1. The molecular weight excluding hydrogens is 422 g/mol. The SMILES string of the molecule is COC(=O)[C@@H](C)N1C(=O)/C(=C/c2ccc(OCc3ccccc3)c(OC)c2)SC1=S. The summed E-state index contributed by atoms with van der Waals surface area (Å²) in [6.45, 7) is 2.00. The molecular formula is C22H21NO5S2. The van der Waals surface area contributed by atoms with Gasteiger partial charge in [0.05, 0.1) is 19.1 Å². The molecule has 2 aromatic carbocycles. The van der Waals surface area contributed by atoms with Gasteiger partial charge in [0.1, 0.15) is 17.0 Å². The van der Waals surface area contributed by atoms with Crippen molar-refractivity contribution in [3.63, 3.8) is 0 Å². The van der Waals surface area contributed by atoms with E-state index in [1.54, 1.807) is 32.2 Å². The highest BCUT2D eigenvalue weighted by molar-refractivity contribution is 8.26. The lowest BCUT2D eigenvalue weighted by Crippen LogP contribution is -2.42. The molecule has 0 spiro atoms. The van der Waals surface area contributed by atoms with E-state index in [0.717, 1.165) is 22.9 Å². The second-order valence-electron chi connectivity index (χ2n) is 6.44. The fraction of sp³-hybridized carbons (Fsp3) is 0.227. The number of hydrogen-bond acceptors (Lipinski definition) is 7. The van der Waals surface area contributed by atoms with Crippen LogP contribution in [0.1, 0.15) is 18.1 Å². The lowest BCUT2D eigenvalue weighted by atomic mass is 10.1. The van der Waals surface area contributed by atoms with E-state index in [-0.39, 0.29) is 5.91 Å². The Bertz CT molecular complexity index is 990. The van der Waals surface area contributed by atoms with Crippen molar-refractivity contribution in [2.24, 2.45) is 0 Å². The molecule has 8 heteroatoms. The van der Waals surface area contributed by atoms with E-state index in [9.17, 15) is 9.59 Å². The van der Waals surface area contributed by atoms with Crippen LogP contribution in [0.3, 0.4) is 0 Å². The standard InChI is InChI=1S/C22H21NO5S2/c1-14(21(25)27-3)23-20(24)19(30-22(23)29)12-16-9-10-17(18(11-16)26-2)28-13-15-7-5-4-6-8-15/h4-12,14H,13H2,1-3H3/b19-12-/t14-/m1/s1. The molecule has 30 heavy (non-hydrogen) atoms. The quantitative estimate of drug-likeness (QED) is 0.364. The van der Waals surface area contributed by atoms with E-state index < -0.39 is 12.0 Å². The Kier molecular flexibility index (Phi) is 7.12. The summed E-state index contributed by atoms with van der Waals surface area (Å²) in [7, 11) is 2.84. The molecule has 3 rings (SSSR count). The van der Waals surface area contributed by atoms with Crippen molar-refractivity contribution in [3.05, 3.63) is 64.6 Å². The molecule has 0 bridgehead atoms. The zero-order chi connectivity index (χ0) is 21.7. The largest absolute Gasteiger partial charge is 0.493 e. The Balaban J connectivity index is 1.78. The van der Waals surface area contributed by atoms with Crippen molar-refractivity contribution >= 4 is 46.3 Å². The number of benzene rings is 2. The summed E-state index contributed by atoms with van der Waals surface area (Å²) in [6, 6.07) is 14.5. The minimum Gasteiger partial charge on any atom is -0.493 e. The zero-order valence-electron chi connectivity index (χ0n) is 16.8. The molecule has 6 nitrogen and oxygen atoms in total. The first-order chi connectivity index (χ1) is 14.4. The smallest absolute Gasteiger partial charge is 0.328 e. The van der Waals surface area contributed by atoms with Gasteiger partial charge >= 0.3 is 5.97 Å². The zero-order valence-corrected chi connectivity index (χ0v) is 18.4. The molecule has 0 saturated carbocycles. The molecule has 1 saturated heterocycles. The monoisotopic (exact) mass is 443 g/mol. The van der Waals surface area contributed by atoms with Gasteiger partial charge in [-0.15, -0.1) is 0 Å². The average Bonchev–Trinajstić information content (AvgIpc) is 3.04. The highest BCUT2D eigenvalue weighted by Gasteiger charge is 2.38. The number of methoxy groups -OCH3 is 2. The van der Waals surface area contributed by atoms with Crippen LogP contribution in [0, 0.1) is 0 Å². The minimum absolute atomic E-state index is 0.318. The van der Waals surface area contributed by atoms with Crippen LogP contribution in [-0.4, -0.2) is 41.4 Å². The maximum atomic E-state index is 12.7. The minimum atomic E-state index is -0.781. The summed E-state index contributed by atoms with van der Waals surface area (Å²) in [4.78, 5) is 26.3. The van der Waals surface area contributed by atoms with Gasteiger partial charge in [-0.2, -0.15) is 0 Å². The Morgan fingerprint density at radius 1 is 1.17 bits per heavy atom. The molecule has 1 atom stereocenters. The third-order valence-corrected chi connectivity index (χ3v) is 5.81. The highest BCUT2D eigenvalue weighted by Crippen LogP contribution is 2.36. The highest BCUT2D eigenvalue weighted by atomic mass is 32.2. The first-order valence-corrected chi connectivity index (χ1v) is 10.4. The number of amides is 1. The number of nitrogens with zero attached hydrogens (tertiary/aromatic N) is 1. The normalized spacial score (nSPS) is 16.0. The van der Waals surface area contributed by atoms with Crippen LogP contribution in [0.2, 0.25) is 0 Å². The van der Waals surface area contributed by atoms with Crippen LogP contribution in [0.5, 0.6) is 11.5 Å². The Morgan fingerprint density at radius 3 is 2.57 bits per heavy atom. The molecule has 1 fully saturated rings. The molecule has 1 aliphatic rings. The van der Waals surface area contributed by atoms with Crippen molar-refractivity contribution in [1.82, 2.24) is 4.90 Å². The van der Waals surface area contributed by atoms with Crippen molar-refractivity contribution in [2.45, 2.75) is 19.6 Å². The van der Waals surface area contributed by atoms with Crippen LogP contribution in [0.25, 0.3) is 6.08 Å². The molecule has 1 aliphatic heterocycles. The maximum absolute atomic E-state index is 12.7. The first kappa shape index (κ1) is 21.9. The van der Waals surface area contributed by atoms with Crippen molar-refractivity contribution in [1.29, 1.82) is 0 Å². The first-order valence-electron chi connectivity index (χ1n) is 9.14. The van der Waals surface area contributed by atoms with Gasteiger partial charge in [-0.3, -0.25) is 9.69 Å². The van der Waals surface area contributed by atoms with E-state index in [1.165, 1.54) is 12.0 Å². The summed E-state index contributed by atoms with van der Waals surface area (Å²) in [5, 5.41) is 0. The van der Waals surface area contributed by atoms with E-state index >= 15 is 0 Å². The third kappa shape index (κ3) is 4.83. The second-order valence-corrected chi connectivity index (χ2v) is 8.11. The number of thiocarbonyl (C=S) groups is 1. The van der Waals surface area contributed by atoms with E-state index in [4.69, 9.17) is 26.4 Å². The predicted molar refractivity (Wildman–Crippen MR) is 120 cm³/mol. The van der Waals surface area contributed by atoms with Gasteiger partial charge in [-0.25, -0.2) is 4.79 Å².